The summed E-state index contributed by atoms with van der Waals surface area (Å²) < 4.78 is 0.909. The van der Waals surface area contributed by atoms with E-state index in [0.717, 1.165) is 4.70 Å². The van der Waals surface area contributed by atoms with E-state index < -0.39 is 0 Å². The zero-order valence-corrected chi connectivity index (χ0v) is 13.4. The van der Waals surface area contributed by atoms with Crippen LogP contribution in [0.3, 0.4) is 0 Å². The molecule has 21 heavy (non-hydrogen) atoms. The van der Waals surface area contributed by atoms with E-state index in [1.807, 2.05) is 12.1 Å². The Bertz CT molecular complexity index is 847. The minimum atomic E-state index is -0.302. The number of halogens is 3. The summed E-state index contributed by atoms with van der Waals surface area (Å²) >= 11 is 19.1. The Balaban J connectivity index is 1.89. The summed E-state index contributed by atoms with van der Waals surface area (Å²) in [4.78, 5) is 16.5. The molecule has 0 bridgehead atoms. The minimum absolute atomic E-state index is 0.302. The van der Waals surface area contributed by atoms with E-state index in [1.165, 1.54) is 17.4 Å². The van der Waals surface area contributed by atoms with E-state index in [4.69, 9.17) is 34.8 Å². The molecule has 0 fully saturated rings. The lowest BCUT2D eigenvalue weighted by Gasteiger charge is -2.02. The monoisotopic (exact) mass is 356 g/mol. The molecule has 1 amide bonds. The number of hydrogen-bond acceptors (Lipinski definition) is 3. The highest BCUT2D eigenvalue weighted by molar-refractivity contribution is 7.22. The number of carbonyl (C=O) groups is 1. The number of para-hydroxylation sites is 1. The summed E-state index contributed by atoms with van der Waals surface area (Å²) in [5.74, 6) is -0.302. The minimum Gasteiger partial charge on any atom is -0.298 e. The third-order valence-corrected chi connectivity index (χ3v) is 4.75. The Hall–Kier alpha value is -1.33. The van der Waals surface area contributed by atoms with Crippen LogP contribution in [-0.2, 0) is 0 Å². The van der Waals surface area contributed by atoms with Crippen LogP contribution in [0.25, 0.3) is 10.2 Å². The number of rotatable bonds is 2. The molecule has 7 heteroatoms. The fourth-order valence-corrected chi connectivity index (χ4v) is 3.23. The quantitative estimate of drug-likeness (QED) is 0.657. The van der Waals surface area contributed by atoms with Crippen molar-refractivity contribution in [2.24, 2.45) is 0 Å². The molecule has 3 nitrogen and oxygen atoms in total. The number of thiazole rings is 1. The van der Waals surface area contributed by atoms with Gasteiger partial charge in [-0.3, -0.25) is 10.1 Å². The van der Waals surface area contributed by atoms with E-state index >= 15 is 0 Å². The van der Waals surface area contributed by atoms with Gasteiger partial charge in [0.05, 0.1) is 19.8 Å². The van der Waals surface area contributed by atoms with Gasteiger partial charge < -0.3 is 0 Å². The lowest BCUT2D eigenvalue weighted by molar-refractivity contribution is 0.102. The molecular formula is C14H7Cl3N2OS. The largest absolute Gasteiger partial charge is 0.298 e. The Labute approximate surface area is 139 Å². The van der Waals surface area contributed by atoms with Gasteiger partial charge in [-0.05, 0) is 30.3 Å². The van der Waals surface area contributed by atoms with Crippen LogP contribution in [0.15, 0.2) is 36.4 Å². The molecule has 0 saturated carbocycles. The first-order valence-electron chi connectivity index (χ1n) is 5.86. The van der Waals surface area contributed by atoms with E-state index in [2.05, 4.69) is 10.3 Å². The molecule has 3 rings (SSSR count). The molecule has 0 saturated heterocycles. The van der Waals surface area contributed by atoms with Crippen molar-refractivity contribution in [1.82, 2.24) is 4.98 Å². The number of carbonyl (C=O) groups excluding carboxylic acids is 1. The Morgan fingerprint density at radius 3 is 2.57 bits per heavy atom. The lowest BCUT2D eigenvalue weighted by Crippen LogP contribution is -2.11. The first-order valence-corrected chi connectivity index (χ1v) is 7.81. The van der Waals surface area contributed by atoms with Crippen molar-refractivity contribution in [1.29, 1.82) is 0 Å². The normalized spacial score (nSPS) is 10.8. The van der Waals surface area contributed by atoms with Gasteiger partial charge in [-0.15, -0.1) is 0 Å². The number of anilines is 1. The predicted molar refractivity (Wildman–Crippen MR) is 89.0 cm³/mol. The van der Waals surface area contributed by atoms with Crippen LogP contribution in [0.1, 0.15) is 10.4 Å². The van der Waals surface area contributed by atoms with Gasteiger partial charge in [0.1, 0.15) is 5.52 Å². The fraction of sp³-hybridized carbons (Fsp3) is 0. The predicted octanol–water partition coefficient (Wildman–Crippen LogP) is 5.51. The highest BCUT2D eigenvalue weighted by atomic mass is 35.5. The van der Waals surface area contributed by atoms with Crippen LogP contribution in [0, 0.1) is 0 Å². The number of aromatic nitrogens is 1. The smallest absolute Gasteiger partial charge is 0.257 e. The van der Waals surface area contributed by atoms with Gasteiger partial charge in [0, 0.05) is 5.56 Å². The number of fused-ring (bicyclic) bond motifs is 1. The Morgan fingerprint density at radius 1 is 1.05 bits per heavy atom. The SMILES string of the molecule is O=C(Nc1nc2c(Cl)cccc2s1)c1ccc(Cl)c(Cl)c1. The van der Waals surface area contributed by atoms with Gasteiger partial charge in [-0.25, -0.2) is 4.98 Å². The van der Waals surface area contributed by atoms with Crippen molar-refractivity contribution in [2.45, 2.75) is 0 Å². The molecule has 0 aliphatic rings. The van der Waals surface area contributed by atoms with Crippen molar-refractivity contribution in [3.8, 4) is 0 Å². The van der Waals surface area contributed by atoms with Crippen molar-refractivity contribution in [2.75, 3.05) is 5.32 Å². The number of benzene rings is 2. The summed E-state index contributed by atoms with van der Waals surface area (Å²) in [6, 6.07) is 10.2. The zero-order valence-electron chi connectivity index (χ0n) is 10.4. The van der Waals surface area contributed by atoms with Gasteiger partial charge in [-0.2, -0.15) is 0 Å². The number of nitrogens with zero attached hydrogens (tertiary/aromatic N) is 1. The molecule has 2 aromatic carbocycles. The maximum Gasteiger partial charge on any atom is 0.257 e. The van der Waals surface area contributed by atoms with Gasteiger partial charge in [0.15, 0.2) is 5.13 Å². The molecule has 0 aliphatic heterocycles. The highest BCUT2D eigenvalue weighted by Crippen LogP contribution is 2.31. The molecule has 3 aromatic rings. The molecule has 1 aromatic heterocycles. The van der Waals surface area contributed by atoms with Crippen LogP contribution in [0.5, 0.6) is 0 Å². The first-order chi connectivity index (χ1) is 10.0. The second-order valence-electron chi connectivity index (χ2n) is 4.19. The fourth-order valence-electron chi connectivity index (χ4n) is 1.78. The third kappa shape index (κ3) is 2.99. The Morgan fingerprint density at radius 2 is 1.86 bits per heavy atom. The van der Waals surface area contributed by atoms with Crippen molar-refractivity contribution >= 4 is 67.4 Å². The van der Waals surface area contributed by atoms with Gasteiger partial charge in [-0.1, -0.05) is 52.2 Å². The molecule has 106 valence electrons. The molecule has 1 heterocycles. The van der Waals surface area contributed by atoms with Crippen LogP contribution >= 0.6 is 46.1 Å². The standard InChI is InChI=1S/C14H7Cl3N2OS/c15-8-5-4-7(6-10(8)17)13(20)19-14-18-12-9(16)2-1-3-11(12)21-14/h1-6H,(H,18,19,20). The molecular weight excluding hydrogens is 351 g/mol. The van der Waals surface area contributed by atoms with Crippen molar-refractivity contribution in [3.05, 3.63) is 57.0 Å². The summed E-state index contributed by atoms with van der Waals surface area (Å²) in [5.41, 5.74) is 1.09. The first kappa shape index (κ1) is 14.6. The summed E-state index contributed by atoms with van der Waals surface area (Å²) in [6.45, 7) is 0. The average molecular weight is 358 g/mol. The van der Waals surface area contributed by atoms with E-state index in [1.54, 1.807) is 18.2 Å². The molecule has 0 unspecified atom stereocenters. The molecule has 0 spiro atoms. The van der Waals surface area contributed by atoms with Crippen LogP contribution in [0.2, 0.25) is 15.1 Å². The Kier molecular flexibility index (Phi) is 4.04. The highest BCUT2D eigenvalue weighted by Gasteiger charge is 2.12. The number of hydrogen-bond donors (Lipinski definition) is 1. The summed E-state index contributed by atoms with van der Waals surface area (Å²) in [7, 11) is 0. The summed E-state index contributed by atoms with van der Waals surface area (Å²) in [6.07, 6.45) is 0. The molecule has 0 aliphatic carbocycles. The van der Waals surface area contributed by atoms with Gasteiger partial charge in [0.25, 0.3) is 5.91 Å². The van der Waals surface area contributed by atoms with Crippen LogP contribution < -0.4 is 5.32 Å². The average Bonchev–Trinajstić information content (AvgIpc) is 2.86. The molecule has 1 N–H and O–H groups in total. The van der Waals surface area contributed by atoms with E-state index in [9.17, 15) is 4.79 Å². The van der Waals surface area contributed by atoms with Crippen molar-refractivity contribution < 1.29 is 4.79 Å². The third-order valence-electron chi connectivity index (χ3n) is 2.77. The number of nitrogens with one attached hydrogen (secondary N) is 1. The lowest BCUT2D eigenvalue weighted by atomic mass is 10.2. The topological polar surface area (TPSA) is 42.0 Å². The maximum absolute atomic E-state index is 12.2. The number of amides is 1. The molecule has 0 radical (unpaired) electrons. The second-order valence-corrected chi connectivity index (χ2v) is 6.44. The zero-order chi connectivity index (χ0) is 15.0. The van der Waals surface area contributed by atoms with E-state index in [0.29, 0.717) is 31.3 Å². The van der Waals surface area contributed by atoms with Crippen molar-refractivity contribution in [3.63, 3.8) is 0 Å². The van der Waals surface area contributed by atoms with Gasteiger partial charge >= 0.3 is 0 Å². The van der Waals surface area contributed by atoms with Crippen LogP contribution in [0.4, 0.5) is 5.13 Å². The molecule has 0 atom stereocenters. The van der Waals surface area contributed by atoms with Gasteiger partial charge in [0.2, 0.25) is 0 Å². The van der Waals surface area contributed by atoms with Crippen LogP contribution in [-0.4, -0.2) is 10.9 Å². The maximum atomic E-state index is 12.2. The second kappa shape index (κ2) is 5.81. The van der Waals surface area contributed by atoms with E-state index in [-0.39, 0.29) is 5.91 Å². The summed E-state index contributed by atoms with van der Waals surface area (Å²) in [5, 5.41) is 4.50.